The Balaban J connectivity index is 2.42. The average Bonchev–Trinajstić information content (AvgIpc) is 2.52. The molecule has 0 aromatic carbocycles. The van der Waals surface area contributed by atoms with Gasteiger partial charge in [0, 0.05) is 0 Å². The number of rotatable bonds is 6. The summed E-state index contributed by atoms with van der Waals surface area (Å²) in [5.74, 6) is 0. The Bertz CT molecular complexity index is 298. The van der Waals surface area contributed by atoms with E-state index in [0.29, 0.717) is 0 Å². The van der Waals surface area contributed by atoms with Gasteiger partial charge in [-0.1, -0.05) is 80.1 Å². The normalized spacial score (nSPS) is 22.7. The van der Waals surface area contributed by atoms with Crippen molar-refractivity contribution in [2.24, 2.45) is 0 Å². The van der Waals surface area contributed by atoms with Crippen molar-refractivity contribution in [2.45, 2.75) is 134 Å². The summed E-state index contributed by atoms with van der Waals surface area (Å²) in [7, 11) is -0.991. The Labute approximate surface area is 149 Å². The highest BCUT2D eigenvalue weighted by atomic mass is 31.4. The maximum absolute atomic E-state index is 2.62. The van der Waals surface area contributed by atoms with Gasteiger partial charge in [0.25, 0.3) is 0 Å². The van der Waals surface area contributed by atoms with E-state index in [2.05, 4.69) is 41.5 Å². The van der Waals surface area contributed by atoms with Crippen molar-refractivity contribution in [3.8, 4) is 0 Å². The second-order valence-corrected chi connectivity index (χ2v) is 20.7. The Morgan fingerprint density at radius 3 is 1.13 bits per heavy atom. The Hall–Kier alpha value is 0.647. The molecule has 0 amide bonds. The molecule has 2 heteroatoms. The van der Waals surface area contributed by atoms with Crippen LogP contribution >= 0.6 is 7.47 Å². The average molecular weight is 355 g/mol. The summed E-state index contributed by atoms with van der Waals surface area (Å²) in [5.41, 5.74) is 5.19. The molecule has 0 spiro atoms. The molecule has 0 saturated heterocycles. The molecule has 0 atom stereocenters. The summed E-state index contributed by atoms with van der Waals surface area (Å²) in [6, 6.07) is 0. The molecule has 0 unspecified atom stereocenters. The van der Waals surface area contributed by atoms with Crippen LogP contribution in [0.2, 0.25) is 16.6 Å². The van der Waals surface area contributed by atoms with E-state index >= 15 is 0 Å². The van der Waals surface area contributed by atoms with Gasteiger partial charge < -0.3 is 0 Å². The molecule has 0 aromatic rings. The zero-order chi connectivity index (χ0) is 17.0. The molecular formula is C21H43PSi. The van der Waals surface area contributed by atoms with E-state index in [0.717, 1.165) is 27.9 Å². The lowest BCUT2D eigenvalue weighted by Crippen LogP contribution is -2.48. The van der Waals surface area contributed by atoms with Crippen LogP contribution in [0.5, 0.6) is 0 Å². The van der Waals surface area contributed by atoms with Crippen molar-refractivity contribution in [2.75, 3.05) is 0 Å². The van der Waals surface area contributed by atoms with Gasteiger partial charge in [-0.3, -0.25) is 0 Å². The molecule has 2 saturated carbocycles. The van der Waals surface area contributed by atoms with E-state index in [-0.39, 0.29) is 7.47 Å². The Morgan fingerprint density at radius 2 is 0.870 bits per heavy atom. The van der Waals surface area contributed by atoms with Gasteiger partial charge in [-0.05, 0) is 53.6 Å². The minimum Gasteiger partial charge on any atom is -0.111 e. The highest BCUT2D eigenvalue weighted by molar-refractivity contribution is 7.96. The molecule has 0 heterocycles. The van der Waals surface area contributed by atoms with Gasteiger partial charge in [0.15, 0.2) is 0 Å². The summed E-state index contributed by atoms with van der Waals surface area (Å²) in [5, 5.41) is 0. The Morgan fingerprint density at radius 1 is 0.565 bits per heavy atom. The molecular weight excluding hydrogens is 311 g/mol. The zero-order valence-electron chi connectivity index (χ0n) is 16.9. The quantitative estimate of drug-likeness (QED) is 0.332. The standard InChI is InChI=1S/C21H43PSi/c1-17(2)23(18(3)4,19(5)6)22(20-13-9-7-10-14-20)21-15-11-8-12-16-21/h17-21H,7-16H2,1-6H3. The van der Waals surface area contributed by atoms with E-state index in [1.165, 1.54) is 38.5 Å². The van der Waals surface area contributed by atoms with Crippen molar-refractivity contribution in [3.63, 3.8) is 0 Å². The first-order valence-corrected chi connectivity index (χ1v) is 15.3. The number of hydrogen-bond acceptors (Lipinski definition) is 0. The van der Waals surface area contributed by atoms with E-state index in [4.69, 9.17) is 0 Å². The number of hydrogen-bond donors (Lipinski definition) is 0. The SMILES string of the molecule is CC(C)[Si](C(C)C)(C(C)C)P(C1CCCCC1)C1CCCCC1. The molecule has 2 rings (SSSR count). The molecule has 136 valence electrons. The third-order valence-electron chi connectivity index (χ3n) is 7.16. The maximum Gasteiger partial charge on any atom is 0.0893 e. The molecule has 0 aliphatic heterocycles. The lowest BCUT2D eigenvalue weighted by molar-refractivity contribution is 0.486. The topological polar surface area (TPSA) is 0 Å². The van der Waals surface area contributed by atoms with Crippen LogP contribution in [0.4, 0.5) is 0 Å². The van der Waals surface area contributed by atoms with Crippen LogP contribution in [0.3, 0.4) is 0 Å². The second-order valence-electron chi connectivity index (χ2n) is 9.34. The van der Waals surface area contributed by atoms with Crippen LogP contribution in [-0.4, -0.2) is 19.1 Å². The third-order valence-corrected chi connectivity index (χ3v) is 25.7. The first kappa shape index (κ1) is 20.0. The summed E-state index contributed by atoms with van der Waals surface area (Å²) >= 11 is 0. The van der Waals surface area contributed by atoms with E-state index in [1.807, 2.05) is 0 Å². The molecule has 2 fully saturated rings. The largest absolute Gasteiger partial charge is 0.111 e. The fraction of sp³-hybridized carbons (Fsp3) is 1.00. The van der Waals surface area contributed by atoms with Crippen LogP contribution in [-0.2, 0) is 0 Å². The Kier molecular flexibility index (Phi) is 7.67. The second kappa shape index (κ2) is 8.84. The van der Waals surface area contributed by atoms with Gasteiger partial charge in [-0.2, -0.15) is 0 Å². The van der Waals surface area contributed by atoms with Crippen molar-refractivity contribution in [1.29, 1.82) is 0 Å². The van der Waals surface area contributed by atoms with Crippen molar-refractivity contribution in [3.05, 3.63) is 0 Å². The minimum atomic E-state index is -1.27. The lowest BCUT2D eigenvalue weighted by Gasteiger charge is -2.56. The molecule has 0 N–H and O–H groups in total. The predicted octanol–water partition coefficient (Wildman–Crippen LogP) is 8.31. The van der Waals surface area contributed by atoms with Crippen LogP contribution in [0.15, 0.2) is 0 Å². The smallest absolute Gasteiger partial charge is 0.0893 e. The molecule has 0 radical (unpaired) electrons. The van der Waals surface area contributed by atoms with Crippen LogP contribution < -0.4 is 0 Å². The van der Waals surface area contributed by atoms with Crippen molar-refractivity contribution < 1.29 is 0 Å². The van der Waals surface area contributed by atoms with E-state index in [9.17, 15) is 0 Å². The molecule has 23 heavy (non-hydrogen) atoms. The van der Waals surface area contributed by atoms with Gasteiger partial charge >= 0.3 is 0 Å². The van der Waals surface area contributed by atoms with Crippen molar-refractivity contribution >= 4 is 15.2 Å². The lowest BCUT2D eigenvalue weighted by atomic mass is 10.00. The highest BCUT2D eigenvalue weighted by Gasteiger charge is 2.53. The first-order valence-electron chi connectivity index (χ1n) is 10.7. The summed E-state index contributed by atoms with van der Waals surface area (Å²) in [6.45, 7) is 15.7. The predicted molar refractivity (Wildman–Crippen MR) is 112 cm³/mol. The molecule has 0 bridgehead atoms. The molecule has 0 aromatic heterocycles. The van der Waals surface area contributed by atoms with Gasteiger partial charge in [0.05, 0.1) is 7.74 Å². The third kappa shape index (κ3) is 4.08. The fourth-order valence-electron chi connectivity index (χ4n) is 6.54. The molecule has 0 nitrogen and oxygen atoms in total. The van der Waals surface area contributed by atoms with Gasteiger partial charge in [0.2, 0.25) is 0 Å². The maximum atomic E-state index is 2.62. The van der Waals surface area contributed by atoms with E-state index < -0.39 is 7.74 Å². The fourth-order valence-corrected chi connectivity index (χ4v) is 26.7. The van der Waals surface area contributed by atoms with Gasteiger partial charge in [-0.15, -0.1) is 7.47 Å². The summed E-state index contributed by atoms with van der Waals surface area (Å²) in [6.07, 6.45) is 15.5. The first-order chi connectivity index (χ1) is 10.9. The molecule has 2 aliphatic rings. The highest BCUT2D eigenvalue weighted by Crippen LogP contribution is 2.70. The molecule has 2 aliphatic carbocycles. The van der Waals surface area contributed by atoms with E-state index in [1.54, 1.807) is 25.7 Å². The summed E-state index contributed by atoms with van der Waals surface area (Å²) in [4.78, 5) is 0. The van der Waals surface area contributed by atoms with Crippen LogP contribution in [0.25, 0.3) is 0 Å². The summed E-state index contributed by atoms with van der Waals surface area (Å²) < 4.78 is 0. The van der Waals surface area contributed by atoms with Crippen molar-refractivity contribution in [1.82, 2.24) is 0 Å². The van der Waals surface area contributed by atoms with Crippen LogP contribution in [0, 0.1) is 0 Å². The van der Waals surface area contributed by atoms with Gasteiger partial charge in [-0.25, -0.2) is 0 Å². The van der Waals surface area contributed by atoms with Crippen LogP contribution in [0.1, 0.15) is 106 Å². The zero-order valence-corrected chi connectivity index (χ0v) is 18.8. The minimum absolute atomic E-state index is 0.276. The monoisotopic (exact) mass is 354 g/mol. The van der Waals surface area contributed by atoms with Gasteiger partial charge in [0.1, 0.15) is 0 Å².